The Morgan fingerprint density at radius 1 is 0.789 bits per heavy atom. The maximum atomic E-state index is 14.5. The first-order valence-electron chi connectivity index (χ1n) is 30.5. The molecule has 4 aliphatic heterocycles. The summed E-state index contributed by atoms with van der Waals surface area (Å²) in [6.45, 7) is 14.4. The lowest BCUT2D eigenvalue weighted by molar-refractivity contribution is -0.136. The van der Waals surface area contributed by atoms with E-state index in [2.05, 4.69) is 49.4 Å². The first kappa shape index (κ1) is 67.7. The molecule has 0 radical (unpaired) electrons. The monoisotopic (exact) mass is 1310 g/mol. The van der Waals surface area contributed by atoms with E-state index in [1.165, 1.54) is 35.0 Å². The van der Waals surface area contributed by atoms with Gasteiger partial charge in [-0.05, 0) is 148 Å². The number of alkyl halides is 5. The Labute approximate surface area is 527 Å². The number of hydrogen-bond acceptors (Lipinski definition) is 16. The molecule has 0 bridgehead atoms. The Morgan fingerprint density at radius 3 is 2.14 bits per heavy atom. The highest BCUT2D eigenvalue weighted by Gasteiger charge is 2.49. The molecular formula is C64H78F5N9O9S3. The molecule has 4 heterocycles. The van der Waals surface area contributed by atoms with E-state index in [9.17, 15) is 62.8 Å². The molecule has 486 valence electrons. The highest BCUT2D eigenvalue weighted by Crippen LogP contribution is 2.43. The molecule has 1 aliphatic carbocycles. The maximum absolute atomic E-state index is 14.5. The summed E-state index contributed by atoms with van der Waals surface area (Å²) in [5.74, 6) is -3.09. The Balaban J connectivity index is 0.784. The van der Waals surface area contributed by atoms with Gasteiger partial charge in [0.15, 0.2) is 0 Å². The van der Waals surface area contributed by atoms with Gasteiger partial charge in [-0.2, -0.15) is 13.2 Å². The lowest BCUT2D eigenvalue weighted by Crippen LogP contribution is -2.54. The predicted molar refractivity (Wildman–Crippen MR) is 336 cm³/mol. The van der Waals surface area contributed by atoms with Gasteiger partial charge in [0, 0.05) is 118 Å². The minimum Gasteiger partial charge on any atom is -0.384 e. The number of piperidine rings is 1. The van der Waals surface area contributed by atoms with Gasteiger partial charge in [-0.1, -0.05) is 49.8 Å². The molecular weight excluding hydrogens is 1230 g/mol. The molecule has 5 aliphatic rings. The maximum Gasteiger partial charge on any atom is 0.501 e. The number of allylic oxidation sites excluding steroid dienone is 3. The van der Waals surface area contributed by atoms with E-state index >= 15 is 0 Å². The molecule has 5 amide bonds. The van der Waals surface area contributed by atoms with Gasteiger partial charge in [-0.15, -0.1) is 11.8 Å². The van der Waals surface area contributed by atoms with E-state index in [1.54, 1.807) is 30.3 Å². The van der Waals surface area contributed by atoms with E-state index in [-0.39, 0.29) is 41.4 Å². The van der Waals surface area contributed by atoms with Crippen LogP contribution in [0.4, 0.5) is 39.0 Å². The molecule has 90 heavy (non-hydrogen) atoms. The number of nitrogens with zero attached hydrogens (tertiary/aromatic N) is 5. The van der Waals surface area contributed by atoms with Gasteiger partial charge in [0.05, 0.1) is 21.7 Å². The zero-order chi connectivity index (χ0) is 64.5. The number of hydrogen-bond donors (Lipinski definition) is 4. The van der Waals surface area contributed by atoms with Crippen molar-refractivity contribution in [2.75, 3.05) is 99.8 Å². The van der Waals surface area contributed by atoms with E-state index in [1.807, 2.05) is 48.1 Å². The van der Waals surface area contributed by atoms with Crippen molar-refractivity contribution in [3.8, 4) is 0 Å². The molecule has 2 atom stereocenters. The summed E-state index contributed by atoms with van der Waals surface area (Å²) in [5, 5.41) is 8.51. The smallest absolute Gasteiger partial charge is 0.384 e. The fourth-order valence-electron chi connectivity index (χ4n) is 12.3. The Bertz CT molecular complexity index is 3580. The van der Waals surface area contributed by atoms with Crippen LogP contribution in [0.3, 0.4) is 0 Å². The van der Waals surface area contributed by atoms with Crippen LogP contribution in [-0.2, 0) is 29.4 Å². The third-order valence-corrected chi connectivity index (χ3v) is 21.4. The summed E-state index contributed by atoms with van der Waals surface area (Å²) < 4.78 is 126. The Kier molecular flexibility index (Phi) is 22.0. The van der Waals surface area contributed by atoms with Crippen molar-refractivity contribution in [3.05, 3.63) is 130 Å². The first-order valence-corrected chi connectivity index (χ1v) is 34.5. The van der Waals surface area contributed by atoms with Gasteiger partial charge in [-0.25, -0.2) is 30.3 Å². The molecule has 0 spiro atoms. The average Bonchev–Trinajstić information content (AvgIpc) is 1.46. The molecule has 0 saturated carbocycles. The van der Waals surface area contributed by atoms with E-state index < -0.39 is 88.9 Å². The minimum atomic E-state index is -6.16. The van der Waals surface area contributed by atoms with Crippen molar-refractivity contribution >= 4 is 78.2 Å². The van der Waals surface area contributed by atoms with Crippen molar-refractivity contribution in [2.24, 2.45) is 5.41 Å². The topological polar surface area (TPSA) is 218 Å². The molecule has 4 aromatic carbocycles. The summed E-state index contributed by atoms with van der Waals surface area (Å²) in [5.41, 5.74) is -1.14. The first-order chi connectivity index (χ1) is 42.8. The van der Waals surface area contributed by atoms with Gasteiger partial charge in [-0.3, -0.25) is 39.1 Å². The SMILES string of the molecule is C/C=C(\CCC(F)F)C1=C(CN2CCN(c3ccc(C(=O)NS(=O)(=O)c4ccc(N[C@H](CCN5CCN(CCCCNc6cccc7c6C(=O)N(C6CCC(=O)NC6=O)C7=O)CC5)CSc5ccccc5)c(S(=O)(=O)C(F)(F)F)c4)cc3)CC2)CCC(C)(C)C1. The summed E-state index contributed by atoms with van der Waals surface area (Å²) >= 11 is 1.41. The number of carbonyl (C=O) groups excluding carboxylic acids is 5. The third-order valence-electron chi connectivity index (χ3n) is 17.4. The number of sulfonamides is 1. The molecule has 3 fully saturated rings. The highest BCUT2D eigenvalue weighted by atomic mass is 32.2. The van der Waals surface area contributed by atoms with Crippen LogP contribution in [0.5, 0.6) is 0 Å². The molecule has 4 N–H and O–H groups in total. The number of anilines is 3. The predicted octanol–water partition coefficient (Wildman–Crippen LogP) is 9.59. The third kappa shape index (κ3) is 16.7. The number of carbonyl (C=O) groups is 5. The van der Waals surface area contributed by atoms with Gasteiger partial charge >= 0.3 is 5.51 Å². The number of thioether (sulfide) groups is 1. The Morgan fingerprint density at radius 2 is 1.48 bits per heavy atom. The number of halogens is 5. The number of nitrogens with one attached hydrogen (secondary N) is 4. The molecule has 26 heteroatoms. The summed E-state index contributed by atoms with van der Waals surface area (Å²) in [6, 6.07) is 21.1. The van der Waals surface area contributed by atoms with Crippen molar-refractivity contribution in [1.29, 1.82) is 0 Å². The van der Waals surface area contributed by atoms with Crippen LogP contribution >= 0.6 is 11.8 Å². The zero-order valence-corrected chi connectivity index (χ0v) is 53.2. The number of imide groups is 2. The second kappa shape index (κ2) is 29.3. The van der Waals surface area contributed by atoms with Crippen molar-refractivity contribution < 1.29 is 62.8 Å². The molecule has 0 aromatic heterocycles. The molecule has 9 rings (SSSR count). The molecule has 3 saturated heterocycles. The average molecular weight is 1310 g/mol. The zero-order valence-electron chi connectivity index (χ0n) is 50.8. The van der Waals surface area contributed by atoms with E-state index in [0.717, 1.165) is 105 Å². The van der Waals surface area contributed by atoms with Crippen LogP contribution in [0.25, 0.3) is 0 Å². The molecule has 18 nitrogen and oxygen atoms in total. The number of sulfone groups is 1. The normalized spacial score (nSPS) is 19.5. The number of rotatable bonds is 26. The second-order valence-electron chi connectivity index (χ2n) is 24.3. The van der Waals surface area contributed by atoms with Gasteiger partial charge in [0.2, 0.25) is 18.2 Å². The number of fused-ring (bicyclic) bond motifs is 1. The van der Waals surface area contributed by atoms with Crippen LogP contribution in [0.1, 0.15) is 116 Å². The lowest BCUT2D eigenvalue weighted by atomic mass is 9.71. The summed E-state index contributed by atoms with van der Waals surface area (Å²) in [6.07, 6.45) is 4.47. The summed E-state index contributed by atoms with van der Waals surface area (Å²) in [4.78, 5) is 73.2. The van der Waals surface area contributed by atoms with Crippen LogP contribution in [0.15, 0.2) is 128 Å². The van der Waals surface area contributed by atoms with Crippen LogP contribution in [0.2, 0.25) is 0 Å². The van der Waals surface area contributed by atoms with Crippen molar-refractivity contribution in [1.82, 2.24) is 29.6 Å². The lowest BCUT2D eigenvalue weighted by Gasteiger charge is -2.39. The summed E-state index contributed by atoms with van der Waals surface area (Å²) in [7, 11) is -11.1. The van der Waals surface area contributed by atoms with E-state index in [4.69, 9.17) is 0 Å². The highest BCUT2D eigenvalue weighted by molar-refractivity contribution is 7.99. The number of unbranched alkanes of at least 4 members (excludes halogenated alkanes) is 1. The number of piperazine rings is 2. The van der Waals surface area contributed by atoms with Crippen LogP contribution in [-0.4, -0.2) is 174 Å². The van der Waals surface area contributed by atoms with Crippen LogP contribution in [0, 0.1) is 5.41 Å². The van der Waals surface area contributed by atoms with Crippen LogP contribution < -0.4 is 25.6 Å². The minimum absolute atomic E-state index is 0.0188. The van der Waals surface area contributed by atoms with E-state index in [0.29, 0.717) is 69.6 Å². The number of benzene rings is 4. The molecule has 1 unspecified atom stereocenters. The largest absolute Gasteiger partial charge is 0.501 e. The van der Waals surface area contributed by atoms with Crippen molar-refractivity contribution in [3.63, 3.8) is 0 Å². The Hall–Kier alpha value is -6.71. The molecule has 4 aromatic rings. The van der Waals surface area contributed by atoms with Gasteiger partial charge < -0.3 is 25.3 Å². The number of amides is 5. The van der Waals surface area contributed by atoms with Gasteiger partial charge in [0.1, 0.15) is 10.9 Å². The quantitative estimate of drug-likeness (QED) is 0.0199. The fourth-order valence-corrected chi connectivity index (χ4v) is 15.3. The van der Waals surface area contributed by atoms with Crippen molar-refractivity contribution in [2.45, 2.75) is 124 Å². The second-order valence-corrected chi connectivity index (χ2v) is 29.0. The standard InChI is InChI=1S/C64H78F5N9O9S3/c1-4-43(17-23-56(65)66)51-40-63(2,3)27-25-45(51)41-76-35-37-77(38-36-76)47-18-15-44(16-19-47)59(80)73-90(86,87)49-20-21-52(55(39-49)89(84,85)64(67,68)69)71-46(42-88-48-11-6-5-7-12-48)26-30-75-33-31-74(32-34-75)29-9-8-28-70-53-14-10-13-50-58(53)62(83)78(61(50)82)54-22-24-57(79)72-60(54)81/h4-7,10-16,18-21,39,46,54,56,70-71H,8-9,17,22-38,40-42H2,1-3H3,(H,73,80)(H,72,79,81)/b43-4+/t46-,54?/m1/s1. The fraction of sp³-hybridized carbons (Fsp3) is 0.484. The van der Waals surface area contributed by atoms with Gasteiger partial charge in [0.25, 0.3) is 37.6 Å².